The standard InChI is InChI=1S/C17H25NS/c1-11-3-4-19-15(11)16(18-2)17-8-12-5-13(9-17)7-14(6-12)10-17/h3-4,12-14,16,18H,5-10H2,1-2H3. The molecule has 0 aromatic carbocycles. The lowest BCUT2D eigenvalue weighted by Gasteiger charge is -2.59. The highest BCUT2D eigenvalue weighted by atomic mass is 32.1. The van der Waals surface area contributed by atoms with Crippen molar-refractivity contribution in [3.8, 4) is 0 Å². The molecule has 19 heavy (non-hydrogen) atoms. The molecule has 4 aliphatic rings. The fourth-order valence-corrected chi connectivity index (χ4v) is 7.10. The molecule has 5 rings (SSSR count). The van der Waals surface area contributed by atoms with Crippen LogP contribution in [-0.4, -0.2) is 7.05 Å². The van der Waals surface area contributed by atoms with E-state index in [2.05, 4.69) is 30.7 Å². The second-order valence-electron chi connectivity index (χ2n) is 7.47. The van der Waals surface area contributed by atoms with Crippen molar-refractivity contribution in [2.24, 2.45) is 23.2 Å². The minimum atomic E-state index is 0.582. The predicted molar refractivity (Wildman–Crippen MR) is 81.5 cm³/mol. The molecule has 4 fully saturated rings. The third-order valence-electron chi connectivity index (χ3n) is 6.15. The van der Waals surface area contributed by atoms with Crippen LogP contribution in [0.15, 0.2) is 11.4 Å². The highest BCUT2D eigenvalue weighted by Crippen LogP contribution is 2.64. The molecule has 1 aromatic heterocycles. The summed E-state index contributed by atoms with van der Waals surface area (Å²) in [6.45, 7) is 2.29. The van der Waals surface area contributed by atoms with Gasteiger partial charge in [-0.1, -0.05) is 0 Å². The summed E-state index contributed by atoms with van der Waals surface area (Å²) < 4.78 is 0. The van der Waals surface area contributed by atoms with E-state index in [4.69, 9.17) is 0 Å². The molecular formula is C17H25NS. The zero-order chi connectivity index (χ0) is 13.0. The predicted octanol–water partition coefficient (Wildman–Crippen LogP) is 4.53. The third kappa shape index (κ3) is 1.83. The SMILES string of the molecule is CNC(c1sccc1C)C12CC3CC(CC(C3)C1)C2. The first-order chi connectivity index (χ1) is 9.20. The van der Waals surface area contributed by atoms with Crippen LogP contribution in [-0.2, 0) is 0 Å². The van der Waals surface area contributed by atoms with Gasteiger partial charge in [-0.25, -0.2) is 0 Å². The van der Waals surface area contributed by atoms with Crippen LogP contribution in [0.1, 0.15) is 55.0 Å². The molecule has 1 nitrogen and oxygen atoms in total. The Bertz CT molecular complexity index is 440. The Labute approximate surface area is 120 Å². The van der Waals surface area contributed by atoms with Crippen LogP contribution in [0, 0.1) is 30.1 Å². The Morgan fingerprint density at radius 3 is 2.16 bits per heavy atom. The van der Waals surface area contributed by atoms with E-state index < -0.39 is 0 Å². The molecule has 1 N–H and O–H groups in total. The summed E-state index contributed by atoms with van der Waals surface area (Å²) in [6.07, 6.45) is 9.09. The maximum atomic E-state index is 3.71. The van der Waals surface area contributed by atoms with Gasteiger partial charge < -0.3 is 5.32 Å². The van der Waals surface area contributed by atoms with Gasteiger partial charge in [-0.15, -0.1) is 11.3 Å². The summed E-state index contributed by atoms with van der Waals surface area (Å²) in [6, 6.07) is 2.91. The highest BCUT2D eigenvalue weighted by molar-refractivity contribution is 7.10. The molecule has 0 radical (unpaired) electrons. The lowest BCUT2D eigenvalue weighted by Crippen LogP contribution is -2.51. The molecule has 4 aliphatic carbocycles. The van der Waals surface area contributed by atoms with Crippen molar-refractivity contribution < 1.29 is 0 Å². The first-order valence-corrected chi connectivity index (χ1v) is 8.79. The first kappa shape index (κ1) is 12.4. The molecule has 4 saturated carbocycles. The number of aryl methyl sites for hydroxylation is 1. The number of hydrogen-bond donors (Lipinski definition) is 1. The van der Waals surface area contributed by atoms with Crippen LogP contribution >= 0.6 is 11.3 Å². The summed E-state index contributed by atoms with van der Waals surface area (Å²) in [5.74, 6) is 3.13. The van der Waals surface area contributed by atoms with E-state index in [1.165, 1.54) is 44.1 Å². The van der Waals surface area contributed by atoms with Crippen molar-refractivity contribution in [3.63, 3.8) is 0 Å². The molecule has 1 unspecified atom stereocenters. The second kappa shape index (κ2) is 4.33. The van der Waals surface area contributed by atoms with Gasteiger partial charge in [-0.2, -0.15) is 0 Å². The van der Waals surface area contributed by atoms with Crippen LogP contribution in [0.25, 0.3) is 0 Å². The average molecular weight is 275 g/mol. The molecule has 1 heterocycles. The van der Waals surface area contributed by atoms with Crippen molar-refractivity contribution in [3.05, 3.63) is 21.9 Å². The summed E-state index contributed by atoms with van der Waals surface area (Å²) in [5, 5.41) is 5.99. The normalized spacial score (nSPS) is 41.7. The molecular weight excluding hydrogens is 250 g/mol. The van der Waals surface area contributed by atoms with Gasteiger partial charge in [0.15, 0.2) is 0 Å². The molecule has 0 amide bonds. The summed E-state index contributed by atoms with van der Waals surface area (Å²) in [4.78, 5) is 1.62. The first-order valence-electron chi connectivity index (χ1n) is 7.91. The molecule has 0 spiro atoms. The van der Waals surface area contributed by atoms with E-state index in [-0.39, 0.29) is 0 Å². The number of nitrogens with one attached hydrogen (secondary N) is 1. The summed E-state index contributed by atoms with van der Waals surface area (Å²) >= 11 is 1.97. The molecule has 0 aliphatic heterocycles. The zero-order valence-corrected chi connectivity index (χ0v) is 12.9. The molecule has 4 bridgehead atoms. The Hall–Kier alpha value is -0.340. The van der Waals surface area contributed by atoms with Gasteiger partial charge in [-0.05, 0) is 92.7 Å². The van der Waals surface area contributed by atoms with E-state index in [1.807, 2.05) is 11.3 Å². The van der Waals surface area contributed by atoms with E-state index in [1.54, 1.807) is 4.88 Å². The topological polar surface area (TPSA) is 12.0 Å². The van der Waals surface area contributed by atoms with Crippen LogP contribution < -0.4 is 5.32 Å². The smallest absolute Gasteiger partial charge is 0.0472 e. The Balaban J connectivity index is 1.72. The van der Waals surface area contributed by atoms with Gasteiger partial charge in [0.1, 0.15) is 0 Å². The number of rotatable bonds is 3. The average Bonchev–Trinajstić information content (AvgIpc) is 2.74. The summed E-state index contributed by atoms with van der Waals surface area (Å²) in [7, 11) is 2.18. The Morgan fingerprint density at radius 2 is 1.74 bits per heavy atom. The number of thiophene rings is 1. The van der Waals surface area contributed by atoms with Gasteiger partial charge in [0.05, 0.1) is 0 Å². The van der Waals surface area contributed by atoms with Crippen molar-refractivity contribution in [2.75, 3.05) is 7.05 Å². The van der Waals surface area contributed by atoms with Crippen molar-refractivity contribution in [1.82, 2.24) is 5.32 Å². The highest BCUT2D eigenvalue weighted by Gasteiger charge is 2.54. The molecule has 104 valence electrons. The van der Waals surface area contributed by atoms with E-state index in [0.29, 0.717) is 11.5 Å². The summed E-state index contributed by atoms with van der Waals surface area (Å²) in [5.41, 5.74) is 2.08. The molecule has 0 saturated heterocycles. The van der Waals surface area contributed by atoms with Gasteiger partial charge in [0.25, 0.3) is 0 Å². The van der Waals surface area contributed by atoms with E-state index in [0.717, 1.165) is 17.8 Å². The lowest BCUT2D eigenvalue weighted by molar-refractivity contribution is -0.0730. The van der Waals surface area contributed by atoms with Gasteiger partial charge in [0, 0.05) is 10.9 Å². The fraction of sp³-hybridized carbons (Fsp3) is 0.765. The zero-order valence-electron chi connectivity index (χ0n) is 12.1. The van der Waals surface area contributed by atoms with E-state index >= 15 is 0 Å². The Morgan fingerprint density at radius 1 is 1.16 bits per heavy atom. The van der Waals surface area contributed by atoms with Gasteiger partial charge in [0.2, 0.25) is 0 Å². The van der Waals surface area contributed by atoms with Crippen molar-refractivity contribution >= 4 is 11.3 Å². The largest absolute Gasteiger partial charge is 0.312 e. The van der Waals surface area contributed by atoms with Crippen molar-refractivity contribution in [1.29, 1.82) is 0 Å². The van der Waals surface area contributed by atoms with Crippen LogP contribution in [0.5, 0.6) is 0 Å². The molecule has 2 heteroatoms. The van der Waals surface area contributed by atoms with Gasteiger partial charge >= 0.3 is 0 Å². The van der Waals surface area contributed by atoms with Gasteiger partial charge in [-0.3, -0.25) is 0 Å². The molecule has 1 aromatic rings. The maximum absolute atomic E-state index is 3.71. The fourth-order valence-electron chi connectivity index (χ4n) is 5.93. The van der Waals surface area contributed by atoms with Crippen molar-refractivity contribution in [2.45, 2.75) is 51.5 Å². The number of hydrogen-bond acceptors (Lipinski definition) is 2. The minimum Gasteiger partial charge on any atom is -0.312 e. The monoisotopic (exact) mass is 275 g/mol. The lowest BCUT2D eigenvalue weighted by atomic mass is 9.47. The minimum absolute atomic E-state index is 0.582. The third-order valence-corrected chi connectivity index (χ3v) is 7.23. The van der Waals surface area contributed by atoms with Crippen LogP contribution in [0.2, 0.25) is 0 Å². The van der Waals surface area contributed by atoms with Crippen LogP contribution in [0.3, 0.4) is 0 Å². The second-order valence-corrected chi connectivity index (χ2v) is 8.42. The Kier molecular flexibility index (Phi) is 2.82. The quantitative estimate of drug-likeness (QED) is 0.854. The van der Waals surface area contributed by atoms with E-state index in [9.17, 15) is 0 Å². The maximum Gasteiger partial charge on any atom is 0.0472 e. The molecule has 1 atom stereocenters. The van der Waals surface area contributed by atoms with Crippen LogP contribution in [0.4, 0.5) is 0 Å².